The maximum absolute atomic E-state index is 6.73. The number of nitrogens with zero attached hydrogens (tertiary/aromatic N) is 2. The normalized spacial score (nSPS) is 10.3. The highest BCUT2D eigenvalue weighted by molar-refractivity contribution is 9.11. The molecule has 0 saturated carbocycles. The number of halogens is 4. The van der Waals surface area contributed by atoms with Crippen molar-refractivity contribution in [2.24, 2.45) is 0 Å². The Labute approximate surface area is 351 Å². The molecule has 8 rings (SSSR count). The maximum atomic E-state index is 6.73. The summed E-state index contributed by atoms with van der Waals surface area (Å²) < 4.78 is 1.98. The Kier molecular flexibility index (Phi) is 14.8. The van der Waals surface area contributed by atoms with Gasteiger partial charge in [-0.3, -0.25) is 0 Å². The smallest absolute Gasteiger partial charge is 0.0497 e. The number of para-hydroxylation sites is 4. The molecule has 0 N–H and O–H groups in total. The Morgan fingerprint density at radius 3 is 0.873 bits per heavy atom. The van der Waals surface area contributed by atoms with E-state index in [-0.39, 0.29) is 0 Å². The molecule has 0 heterocycles. The van der Waals surface area contributed by atoms with Crippen molar-refractivity contribution in [3.05, 3.63) is 249 Å². The molecule has 0 aliphatic carbocycles. The molecule has 0 fully saturated rings. The van der Waals surface area contributed by atoms with Crippen LogP contribution in [-0.2, 0) is 6.42 Å². The lowest BCUT2D eigenvalue weighted by atomic mass is 10.1. The first-order valence-corrected chi connectivity index (χ1v) is 20.1. The van der Waals surface area contributed by atoms with Gasteiger partial charge in [0.25, 0.3) is 0 Å². The average Bonchev–Trinajstić information content (AvgIpc) is 3.20. The van der Waals surface area contributed by atoms with Gasteiger partial charge in [-0.2, -0.15) is 0 Å². The number of hydrogen-bond acceptors (Lipinski definition) is 2. The van der Waals surface area contributed by atoms with Crippen LogP contribution in [0, 0.1) is 0 Å². The molecule has 0 aliphatic rings. The molecule has 0 radical (unpaired) electrons. The molecule has 0 unspecified atom stereocenters. The SMILES string of the molecule is Clc1cc(Br)cc(Br)c1.Clc1cc(N(c2ccccc2)c2ccccc2)cc(N(c2ccccc2)c2ccccc2)c1.c1ccc(Cc2ccccc2)cc1. The molecule has 0 bridgehead atoms. The minimum absolute atomic E-state index is 0.677. The quantitative estimate of drug-likeness (QED) is 0.150. The van der Waals surface area contributed by atoms with Gasteiger partial charge in [0.1, 0.15) is 0 Å². The van der Waals surface area contributed by atoms with E-state index in [0.717, 1.165) is 54.5 Å². The van der Waals surface area contributed by atoms with E-state index in [9.17, 15) is 0 Å². The molecule has 0 aromatic heterocycles. The van der Waals surface area contributed by atoms with Crippen LogP contribution in [0.15, 0.2) is 227 Å². The van der Waals surface area contributed by atoms with E-state index in [1.807, 2.05) is 54.6 Å². The summed E-state index contributed by atoms with van der Waals surface area (Å²) in [6.45, 7) is 0. The molecule has 0 aliphatic heterocycles. The van der Waals surface area contributed by atoms with E-state index < -0.39 is 0 Å². The van der Waals surface area contributed by atoms with E-state index in [1.165, 1.54) is 11.1 Å². The predicted octanol–water partition coefficient (Wildman–Crippen LogP) is 16.4. The second-order valence-corrected chi connectivity index (χ2v) is 15.1. The topological polar surface area (TPSA) is 6.48 Å². The van der Waals surface area contributed by atoms with Crippen LogP contribution in [0.1, 0.15) is 11.1 Å². The third-order valence-electron chi connectivity index (χ3n) is 8.36. The Bertz CT molecular complexity index is 2060. The summed E-state index contributed by atoms with van der Waals surface area (Å²) in [5.74, 6) is 0. The summed E-state index contributed by atoms with van der Waals surface area (Å²) in [5.41, 5.74) is 9.01. The molecule has 8 aromatic rings. The molecular formula is C49H38Br2Cl2N2. The molecule has 0 atom stereocenters. The molecule has 0 spiro atoms. The summed E-state index contributed by atoms with van der Waals surface area (Å²) in [5, 5.41) is 1.41. The van der Waals surface area contributed by atoms with E-state index >= 15 is 0 Å². The Balaban J connectivity index is 0.000000189. The first-order chi connectivity index (χ1) is 26.9. The van der Waals surface area contributed by atoms with Crippen LogP contribution in [0.2, 0.25) is 10.0 Å². The van der Waals surface area contributed by atoms with Gasteiger partial charge in [-0.25, -0.2) is 0 Å². The Hall–Kier alpha value is -5.10. The summed E-state index contributed by atoms with van der Waals surface area (Å²) in [6, 6.07) is 74.3. The number of rotatable bonds is 8. The average molecular weight is 886 g/mol. The monoisotopic (exact) mass is 882 g/mol. The van der Waals surface area contributed by atoms with Crippen LogP contribution in [0.25, 0.3) is 0 Å². The minimum Gasteiger partial charge on any atom is -0.310 e. The van der Waals surface area contributed by atoms with Crippen LogP contribution in [0.3, 0.4) is 0 Å². The second kappa shape index (κ2) is 20.5. The van der Waals surface area contributed by atoms with Gasteiger partial charge in [-0.1, -0.05) is 189 Å². The first kappa shape index (κ1) is 39.6. The minimum atomic E-state index is 0.677. The zero-order valence-corrected chi connectivity index (χ0v) is 34.6. The van der Waals surface area contributed by atoms with Gasteiger partial charge < -0.3 is 9.80 Å². The van der Waals surface area contributed by atoms with Crippen molar-refractivity contribution in [2.45, 2.75) is 6.42 Å². The molecule has 8 aromatic carbocycles. The van der Waals surface area contributed by atoms with Crippen molar-refractivity contribution in [2.75, 3.05) is 9.80 Å². The highest BCUT2D eigenvalue weighted by Crippen LogP contribution is 2.41. The second-order valence-electron chi connectivity index (χ2n) is 12.4. The van der Waals surface area contributed by atoms with Gasteiger partial charge in [0.05, 0.1) is 0 Å². The lowest BCUT2D eigenvalue weighted by Gasteiger charge is -2.29. The van der Waals surface area contributed by atoms with Crippen molar-refractivity contribution in [1.29, 1.82) is 0 Å². The van der Waals surface area contributed by atoms with Crippen molar-refractivity contribution < 1.29 is 0 Å². The standard InChI is InChI=1S/C30H23ClN2.C13H12.C6H3Br2Cl/c31-24-21-29(32(25-13-5-1-6-14-25)26-15-7-2-8-16-26)23-30(22-24)33(27-17-9-3-10-18-27)28-19-11-4-12-20-28;1-3-7-12(8-4-1)11-13-9-5-2-6-10-13;7-4-1-5(8)3-6(9)2-4/h1-23H;1-10H,11H2;1-3H. The Morgan fingerprint density at radius 1 is 0.309 bits per heavy atom. The molecule has 272 valence electrons. The zero-order chi connectivity index (χ0) is 38.2. The fourth-order valence-corrected chi connectivity index (χ4v) is 7.98. The van der Waals surface area contributed by atoms with Crippen molar-refractivity contribution in [3.63, 3.8) is 0 Å². The summed E-state index contributed by atoms with van der Waals surface area (Å²) in [7, 11) is 0. The van der Waals surface area contributed by atoms with Crippen LogP contribution in [0.5, 0.6) is 0 Å². The van der Waals surface area contributed by atoms with Crippen molar-refractivity contribution >= 4 is 89.2 Å². The van der Waals surface area contributed by atoms with Crippen LogP contribution in [0.4, 0.5) is 34.1 Å². The van der Waals surface area contributed by atoms with Gasteiger partial charge >= 0.3 is 0 Å². The maximum Gasteiger partial charge on any atom is 0.0497 e. The molecule has 2 nitrogen and oxygen atoms in total. The molecular weight excluding hydrogens is 847 g/mol. The van der Waals surface area contributed by atoms with Crippen molar-refractivity contribution in [1.82, 2.24) is 0 Å². The highest BCUT2D eigenvalue weighted by atomic mass is 79.9. The molecule has 6 heteroatoms. The number of anilines is 6. The molecule has 0 amide bonds. The molecule has 55 heavy (non-hydrogen) atoms. The van der Waals surface area contributed by atoms with E-state index in [4.69, 9.17) is 23.2 Å². The van der Waals surface area contributed by atoms with Gasteiger partial charge in [0.15, 0.2) is 0 Å². The third-order valence-corrected chi connectivity index (χ3v) is 9.71. The van der Waals surface area contributed by atoms with Crippen LogP contribution in [-0.4, -0.2) is 0 Å². The lowest BCUT2D eigenvalue weighted by Crippen LogP contribution is -2.13. The predicted molar refractivity (Wildman–Crippen MR) is 243 cm³/mol. The van der Waals surface area contributed by atoms with Gasteiger partial charge in [0, 0.05) is 53.1 Å². The number of hydrogen-bond donors (Lipinski definition) is 0. The van der Waals surface area contributed by atoms with Crippen molar-refractivity contribution in [3.8, 4) is 0 Å². The Morgan fingerprint density at radius 2 is 0.582 bits per heavy atom. The first-order valence-electron chi connectivity index (χ1n) is 17.7. The molecule has 0 saturated heterocycles. The third kappa shape index (κ3) is 11.9. The fraction of sp³-hybridized carbons (Fsp3) is 0.0204. The zero-order valence-electron chi connectivity index (χ0n) is 29.9. The van der Waals surface area contributed by atoms with E-state index in [1.54, 1.807) is 0 Å². The summed E-state index contributed by atoms with van der Waals surface area (Å²) in [6.07, 6.45) is 1.03. The van der Waals surface area contributed by atoms with Crippen LogP contribution >= 0.6 is 55.1 Å². The van der Waals surface area contributed by atoms with Gasteiger partial charge in [-0.15, -0.1) is 0 Å². The summed E-state index contributed by atoms with van der Waals surface area (Å²) in [4.78, 5) is 4.45. The van der Waals surface area contributed by atoms with Gasteiger partial charge in [0.2, 0.25) is 0 Å². The van der Waals surface area contributed by atoms with Crippen LogP contribution < -0.4 is 9.80 Å². The fourth-order valence-electron chi connectivity index (χ4n) is 5.97. The van der Waals surface area contributed by atoms with E-state index in [2.05, 4.69) is 205 Å². The summed E-state index contributed by atoms with van der Waals surface area (Å²) >= 11 is 19.0. The largest absolute Gasteiger partial charge is 0.310 e. The van der Waals surface area contributed by atoms with Gasteiger partial charge in [-0.05, 0) is 102 Å². The number of benzene rings is 8. The highest BCUT2D eigenvalue weighted by Gasteiger charge is 2.18. The lowest BCUT2D eigenvalue weighted by molar-refractivity contribution is 1.19. The van der Waals surface area contributed by atoms with E-state index in [0.29, 0.717) is 5.02 Å².